The number of carboxylic acids is 1. The summed E-state index contributed by atoms with van der Waals surface area (Å²) in [5.41, 5.74) is -1.01. The number of sulfonamides is 1. The van der Waals surface area contributed by atoms with Gasteiger partial charge in [-0.3, -0.25) is 4.79 Å². The molecule has 6 nitrogen and oxygen atoms in total. The lowest BCUT2D eigenvalue weighted by atomic mass is 9.97. The van der Waals surface area contributed by atoms with E-state index in [-0.39, 0.29) is 6.54 Å². The molecule has 1 aliphatic heterocycles. The first-order valence-electron chi connectivity index (χ1n) is 5.15. The Morgan fingerprint density at radius 1 is 1.50 bits per heavy atom. The van der Waals surface area contributed by atoms with E-state index in [1.165, 1.54) is 4.31 Å². The van der Waals surface area contributed by atoms with Crippen LogP contribution in [-0.4, -0.2) is 53.3 Å². The fraction of sp³-hybridized carbons (Fsp3) is 0.889. The molecule has 0 radical (unpaired) electrons. The van der Waals surface area contributed by atoms with Crippen molar-refractivity contribution in [3.05, 3.63) is 0 Å². The summed E-state index contributed by atoms with van der Waals surface area (Å²) in [5, 5.41) is 18.2. The van der Waals surface area contributed by atoms with E-state index in [9.17, 15) is 18.3 Å². The second kappa shape index (κ2) is 4.68. The number of hydrogen-bond acceptors (Lipinski definition) is 4. The number of nitrogens with zero attached hydrogens (tertiary/aromatic N) is 1. The summed E-state index contributed by atoms with van der Waals surface area (Å²) in [6, 6.07) is 0. The molecule has 0 saturated carbocycles. The molecule has 1 fully saturated rings. The predicted octanol–water partition coefficient (Wildman–Crippen LogP) is -0.362. The van der Waals surface area contributed by atoms with Crippen LogP contribution in [0.2, 0.25) is 0 Å². The minimum Gasteiger partial charge on any atom is -0.481 e. The molecule has 0 aromatic heterocycles. The van der Waals surface area contributed by atoms with E-state index < -0.39 is 33.8 Å². The maximum atomic E-state index is 11.7. The summed E-state index contributed by atoms with van der Waals surface area (Å²) in [4.78, 5) is 10.3. The van der Waals surface area contributed by atoms with Crippen molar-refractivity contribution in [2.24, 2.45) is 0 Å². The molecule has 1 unspecified atom stereocenters. The van der Waals surface area contributed by atoms with Crippen LogP contribution in [0.3, 0.4) is 0 Å². The molecular weight excluding hydrogens is 234 g/mol. The van der Waals surface area contributed by atoms with Crippen LogP contribution in [0.15, 0.2) is 0 Å². The summed E-state index contributed by atoms with van der Waals surface area (Å²) in [6.07, 6.45) is 0.762. The molecule has 16 heavy (non-hydrogen) atoms. The van der Waals surface area contributed by atoms with E-state index in [0.717, 1.165) is 0 Å². The number of aliphatic carboxylic acids is 1. The summed E-state index contributed by atoms with van der Waals surface area (Å²) in [6.45, 7) is 2.00. The van der Waals surface area contributed by atoms with E-state index in [1.807, 2.05) is 0 Å². The number of β-amino-alcohol motifs (C(OH)–C–C–N with tert-alkyl or cyclic N) is 1. The fourth-order valence-corrected chi connectivity index (χ4v) is 3.33. The van der Waals surface area contributed by atoms with E-state index in [2.05, 4.69) is 0 Å². The third kappa shape index (κ3) is 3.73. The normalized spacial score (nSPS) is 27.9. The first-order valence-corrected chi connectivity index (χ1v) is 6.76. The van der Waals surface area contributed by atoms with Crippen LogP contribution in [0.25, 0.3) is 0 Å². The molecule has 7 heteroatoms. The van der Waals surface area contributed by atoms with Gasteiger partial charge in [0.2, 0.25) is 10.0 Å². The number of aliphatic hydroxyl groups is 1. The van der Waals surface area contributed by atoms with Gasteiger partial charge in [0.25, 0.3) is 0 Å². The average Bonchev–Trinajstić information content (AvgIpc) is 2.13. The molecule has 0 spiro atoms. The van der Waals surface area contributed by atoms with Gasteiger partial charge in [-0.2, -0.15) is 4.31 Å². The molecule has 94 valence electrons. The largest absolute Gasteiger partial charge is 0.481 e. The highest BCUT2D eigenvalue weighted by Gasteiger charge is 2.34. The highest BCUT2D eigenvalue weighted by atomic mass is 32.2. The minimum atomic E-state index is -3.56. The number of piperidine rings is 1. The molecule has 1 saturated heterocycles. The highest BCUT2D eigenvalue weighted by molar-refractivity contribution is 7.89. The molecule has 0 bridgehead atoms. The van der Waals surface area contributed by atoms with Gasteiger partial charge in [0.1, 0.15) is 0 Å². The molecule has 1 atom stereocenters. The highest BCUT2D eigenvalue weighted by Crippen LogP contribution is 2.22. The molecule has 0 aromatic rings. The second-order valence-corrected chi connectivity index (χ2v) is 6.48. The topological polar surface area (TPSA) is 94.9 Å². The monoisotopic (exact) mass is 251 g/mol. The van der Waals surface area contributed by atoms with E-state index >= 15 is 0 Å². The van der Waals surface area contributed by atoms with Crippen molar-refractivity contribution in [1.29, 1.82) is 0 Å². The predicted molar refractivity (Wildman–Crippen MR) is 57.5 cm³/mol. The van der Waals surface area contributed by atoms with Crippen LogP contribution >= 0.6 is 0 Å². The quantitative estimate of drug-likeness (QED) is 0.711. The van der Waals surface area contributed by atoms with Gasteiger partial charge in [-0.25, -0.2) is 8.42 Å². The lowest BCUT2D eigenvalue weighted by Gasteiger charge is -2.35. The zero-order chi connectivity index (χ0) is 12.4. The molecular formula is C9H17NO5S. The van der Waals surface area contributed by atoms with Crippen LogP contribution in [-0.2, 0) is 14.8 Å². The molecule has 0 aromatic carbocycles. The summed E-state index contributed by atoms with van der Waals surface area (Å²) in [5.74, 6) is -1.54. The van der Waals surface area contributed by atoms with Crippen LogP contribution in [0.4, 0.5) is 0 Å². The van der Waals surface area contributed by atoms with Gasteiger partial charge in [0, 0.05) is 13.1 Å². The van der Waals surface area contributed by atoms with Crippen molar-refractivity contribution in [1.82, 2.24) is 4.31 Å². The maximum absolute atomic E-state index is 11.7. The first-order chi connectivity index (χ1) is 7.23. The molecule has 2 N–H and O–H groups in total. The number of hydrogen-bond donors (Lipinski definition) is 2. The minimum absolute atomic E-state index is 0.0505. The standard InChI is InChI=1S/C9H17NO5S/c1-9(13)4-2-5-10(7-9)16(14,15)6-3-8(11)12/h13H,2-7H2,1H3,(H,11,12). The SMILES string of the molecule is CC1(O)CCCN(S(=O)(=O)CCC(=O)O)C1. The van der Waals surface area contributed by atoms with Crippen molar-refractivity contribution < 1.29 is 23.4 Å². The number of carbonyl (C=O) groups is 1. The van der Waals surface area contributed by atoms with Crippen molar-refractivity contribution in [2.45, 2.75) is 31.8 Å². The van der Waals surface area contributed by atoms with Crippen LogP contribution in [0.1, 0.15) is 26.2 Å². The Balaban J connectivity index is 2.65. The zero-order valence-corrected chi connectivity index (χ0v) is 10.0. The lowest BCUT2D eigenvalue weighted by Crippen LogP contribution is -2.49. The third-order valence-corrected chi connectivity index (χ3v) is 4.43. The van der Waals surface area contributed by atoms with Gasteiger partial charge in [0.05, 0.1) is 17.8 Å². The summed E-state index contributed by atoms with van der Waals surface area (Å²) < 4.78 is 24.6. The van der Waals surface area contributed by atoms with Gasteiger partial charge >= 0.3 is 5.97 Å². The van der Waals surface area contributed by atoms with Crippen LogP contribution in [0, 0.1) is 0 Å². The van der Waals surface area contributed by atoms with Gasteiger partial charge in [0.15, 0.2) is 0 Å². The van der Waals surface area contributed by atoms with Crippen LogP contribution in [0.5, 0.6) is 0 Å². The molecule has 1 heterocycles. The van der Waals surface area contributed by atoms with E-state index in [1.54, 1.807) is 6.92 Å². The Hall–Kier alpha value is -0.660. The second-order valence-electron chi connectivity index (χ2n) is 4.39. The van der Waals surface area contributed by atoms with Gasteiger partial charge in [-0.05, 0) is 19.8 Å². The first kappa shape index (κ1) is 13.4. The third-order valence-electron chi connectivity index (χ3n) is 2.61. The molecule has 0 aliphatic carbocycles. The van der Waals surface area contributed by atoms with Crippen molar-refractivity contribution >= 4 is 16.0 Å². The Morgan fingerprint density at radius 2 is 2.12 bits per heavy atom. The van der Waals surface area contributed by atoms with Gasteiger partial charge < -0.3 is 10.2 Å². The van der Waals surface area contributed by atoms with Gasteiger partial charge in [-0.15, -0.1) is 0 Å². The smallest absolute Gasteiger partial charge is 0.304 e. The molecule has 1 rings (SSSR count). The Bertz CT molecular complexity index is 362. The number of rotatable bonds is 4. The Morgan fingerprint density at radius 3 is 2.62 bits per heavy atom. The zero-order valence-electron chi connectivity index (χ0n) is 9.22. The molecule has 0 amide bonds. The lowest BCUT2D eigenvalue weighted by molar-refractivity contribution is -0.136. The van der Waals surface area contributed by atoms with Gasteiger partial charge in [-0.1, -0.05) is 0 Å². The Kier molecular flexibility index (Phi) is 3.92. The maximum Gasteiger partial charge on any atom is 0.304 e. The van der Waals surface area contributed by atoms with E-state index in [4.69, 9.17) is 5.11 Å². The number of carboxylic acid groups (broad SMARTS) is 1. The van der Waals surface area contributed by atoms with Crippen molar-refractivity contribution in [2.75, 3.05) is 18.8 Å². The van der Waals surface area contributed by atoms with Crippen molar-refractivity contribution in [3.63, 3.8) is 0 Å². The van der Waals surface area contributed by atoms with Crippen molar-refractivity contribution in [3.8, 4) is 0 Å². The summed E-state index contributed by atoms with van der Waals surface area (Å²) >= 11 is 0. The average molecular weight is 251 g/mol. The Labute approximate surface area is 94.9 Å². The molecule has 1 aliphatic rings. The fourth-order valence-electron chi connectivity index (χ4n) is 1.76. The summed E-state index contributed by atoms with van der Waals surface area (Å²) in [7, 11) is -3.56. The van der Waals surface area contributed by atoms with Crippen LogP contribution < -0.4 is 0 Å². The van der Waals surface area contributed by atoms with E-state index in [0.29, 0.717) is 19.4 Å².